The van der Waals surface area contributed by atoms with Crippen LogP contribution in [0.4, 0.5) is 0 Å². The molecule has 2 heterocycles. The van der Waals surface area contributed by atoms with Gasteiger partial charge < -0.3 is 19.5 Å². The Balaban J connectivity index is 1.26. The second kappa shape index (κ2) is 9.90. The van der Waals surface area contributed by atoms with Crippen LogP contribution in [0.25, 0.3) is 0 Å². The number of rotatable bonds is 7. The highest BCUT2D eigenvalue weighted by atomic mass is 32.2. The highest BCUT2D eigenvalue weighted by Gasteiger charge is 2.26. The molecule has 2 aliphatic heterocycles. The second-order valence-corrected chi connectivity index (χ2v) is 10.0. The highest BCUT2D eigenvalue weighted by Crippen LogP contribution is 2.34. The lowest BCUT2D eigenvalue weighted by Crippen LogP contribution is -2.40. The number of nitrogens with one attached hydrogen (secondary N) is 1. The van der Waals surface area contributed by atoms with E-state index in [4.69, 9.17) is 14.2 Å². The molecule has 2 aromatic rings. The third-order valence-electron chi connectivity index (χ3n) is 4.90. The van der Waals surface area contributed by atoms with Gasteiger partial charge in [-0.2, -0.15) is 4.31 Å². The van der Waals surface area contributed by atoms with Crippen LogP contribution >= 0.6 is 11.8 Å². The Morgan fingerprint density at radius 1 is 0.968 bits per heavy atom. The lowest BCUT2D eigenvalue weighted by atomic mass is 10.2. The average molecular weight is 465 g/mol. The molecular formula is C21H24N2O6S2. The first-order valence-electron chi connectivity index (χ1n) is 9.98. The Labute approximate surface area is 185 Å². The quantitative estimate of drug-likeness (QED) is 0.626. The minimum atomic E-state index is -3.51. The van der Waals surface area contributed by atoms with Crippen LogP contribution in [0, 0.1) is 0 Å². The van der Waals surface area contributed by atoms with Crippen LogP contribution < -0.4 is 14.8 Å². The molecule has 10 heteroatoms. The van der Waals surface area contributed by atoms with Gasteiger partial charge in [-0.25, -0.2) is 8.42 Å². The monoisotopic (exact) mass is 464 g/mol. The van der Waals surface area contributed by atoms with Gasteiger partial charge in [0.15, 0.2) is 11.5 Å². The molecule has 0 atom stereocenters. The van der Waals surface area contributed by atoms with Crippen molar-refractivity contribution in [3.63, 3.8) is 0 Å². The number of hydrogen-bond acceptors (Lipinski definition) is 7. The predicted octanol–water partition coefficient (Wildman–Crippen LogP) is 1.89. The van der Waals surface area contributed by atoms with Crippen molar-refractivity contribution in [1.82, 2.24) is 9.62 Å². The fraction of sp³-hybridized carbons (Fsp3) is 0.381. The molecule has 1 fully saturated rings. The standard InChI is InChI=1S/C21H24N2O6S2/c24-21(15-30-17-3-6-19-20(13-17)29-12-11-28-19)22-14-16-1-4-18(5-2-16)31(25,26)23-7-9-27-10-8-23/h1-6,13H,7-12,14-15H2,(H,22,24). The van der Waals surface area contributed by atoms with E-state index < -0.39 is 10.0 Å². The molecule has 0 unspecified atom stereocenters. The summed E-state index contributed by atoms with van der Waals surface area (Å²) in [5.74, 6) is 1.58. The minimum Gasteiger partial charge on any atom is -0.486 e. The van der Waals surface area contributed by atoms with Gasteiger partial charge in [0.25, 0.3) is 0 Å². The van der Waals surface area contributed by atoms with Crippen molar-refractivity contribution in [2.75, 3.05) is 45.3 Å². The lowest BCUT2D eigenvalue weighted by Gasteiger charge is -2.26. The van der Waals surface area contributed by atoms with Crippen molar-refractivity contribution in [1.29, 1.82) is 0 Å². The van der Waals surface area contributed by atoms with Gasteiger partial charge >= 0.3 is 0 Å². The lowest BCUT2D eigenvalue weighted by molar-refractivity contribution is -0.118. The van der Waals surface area contributed by atoms with Crippen LogP contribution in [0.3, 0.4) is 0 Å². The second-order valence-electron chi connectivity index (χ2n) is 7.03. The summed E-state index contributed by atoms with van der Waals surface area (Å²) in [6.07, 6.45) is 0. The van der Waals surface area contributed by atoms with Crippen LogP contribution in [0.5, 0.6) is 11.5 Å². The van der Waals surface area contributed by atoms with E-state index in [1.165, 1.54) is 16.1 Å². The number of morpholine rings is 1. The van der Waals surface area contributed by atoms with E-state index >= 15 is 0 Å². The average Bonchev–Trinajstić information content (AvgIpc) is 2.82. The highest BCUT2D eigenvalue weighted by molar-refractivity contribution is 8.00. The Morgan fingerprint density at radius 3 is 2.42 bits per heavy atom. The van der Waals surface area contributed by atoms with Gasteiger partial charge in [-0.3, -0.25) is 4.79 Å². The first kappa shape index (κ1) is 21.9. The Hall–Kier alpha value is -2.27. The fourth-order valence-corrected chi connectivity index (χ4v) is 5.39. The van der Waals surface area contributed by atoms with Crippen LogP contribution in [0.1, 0.15) is 5.56 Å². The number of benzene rings is 2. The maximum Gasteiger partial charge on any atom is 0.243 e. The predicted molar refractivity (Wildman–Crippen MR) is 116 cm³/mol. The zero-order chi connectivity index (χ0) is 21.7. The number of hydrogen-bond donors (Lipinski definition) is 1. The van der Waals surface area contributed by atoms with E-state index in [0.717, 1.165) is 16.2 Å². The molecule has 1 N–H and O–H groups in total. The first-order chi connectivity index (χ1) is 15.0. The largest absolute Gasteiger partial charge is 0.486 e. The SMILES string of the molecule is O=C(CSc1ccc2c(c1)OCCO2)NCc1ccc(S(=O)(=O)N2CCOCC2)cc1. The third-order valence-corrected chi connectivity index (χ3v) is 7.81. The molecule has 8 nitrogen and oxygen atoms in total. The maximum absolute atomic E-state index is 12.7. The maximum atomic E-state index is 12.7. The number of thioether (sulfide) groups is 1. The summed E-state index contributed by atoms with van der Waals surface area (Å²) in [7, 11) is -3.51. The zero-order valence-electron chi connectivity index (χ0n) is 16.9. The number of carbonyl (C=O) groups is 1. The molecule has 31 heavy (non-hydrogen) atoms. The van der Waals surface area contributed by atoms with Crippen molar-refractivity contribution in [3.8, 4) is 11.5 Å². The van der Waals surface area contributed by atoms with E-state index in [9.17, 15) is 13.2 Å². The van der Waals surface area contributed by atoms with Gasteiger partial charge in [-0.15, -0.1) is 11.8 Å². The number of fused-ring (bicyclic) bond motifs is 1. The van der Waals surface area contributed by atoms with E-state index in [0.29, 0.717) is 51.8 Å². The van der Waals surface area contributed by atoms with Gasteiger partial charge in [0.05, 0.1) is 23.9 Å². The molecule has 1 saturated heterocycles. The molecule has 0 aromatic heterocycles. The van der Waals surface area contributed by atoms with Gasteiger partial charge in [-0.1, -0.05) is 12.1 Å². The first-order valence-corrected chi connectivity index (χ1v) is 12.4. The number of ether oxygens (including phenoxy) is 3. The molecule has 0 bridgehead atoms. The van der Waals surface area contributed by atoms with Crippen LogP contribution in [0.2, 0.25) is 0 Å². The minimum absolute atomic E-state index is 0.107. The van der Waals surface area contributed by atoms with Crippen LogP contribution in [-0.2, 0) is 26.1 Å². The Morgan fingerprint density at radius 2 is 1.68 bits per heavy atom. The van der Waals surface area contributed by atoms with E-state index in [2.05, 4.69) is 5.32 Å². The van der Waals surface area contributed by atoms with Gasteiger partial charge in [0.1, 0.15) is 13.2 Å². The molecule has 166 valence electrons. The summed E-state index contributed by atoms with van der Waals surface area (Å²) in [5.41, 5.74) is 0.832. The summed E-state index contributed by atoms with van der Waals surface area (Å²) in [6.45, 7) is 2.94. The van der Waals surface area contributed by atoms with Crippen LogP contribution in [-0.4, -0.2) is 63.9 Å². The van der Waals surface area contributed by atoms with E-state index in [1.807, 2.05) is 18.2 Å². The van der Waals surface area contributed by atoms with Gasteiger partial charge in [0, 0.05) is 24.5 Å². The topological polar surface area (TPSA) is 94.2 Å². The molecular weight excluding hydrogens is 440 g/mol. The molecule has 2 aromatic carbocycles. The fourth-order valence-electron chi connectivity index (χ4n) is 3.23. The molecule has 0 spiro atoms. The molecule has 0 saturated carbocycles. The van der Waals surface area contributed by atoms with Crippen molar-refractivity contribution < 1.29 is 27.4 Å². The van der Waals surface area contributed by atoms with Crippen molar-refractivity contribution >= 4 is 27.7 Å². The van der Waals surface area contributed by atoms with Crippen molar-refractivity contribution in [3.05, 3.63) is 48.0 Å². The molecule has 0 aliphatic carbocycles. The number of amides is 1. The van der Waals surface area contributed by atoms with Gasteiger partial charge in [0.2, 0.25) is 15.9 Å². The summed E-state index contributed by atoms with van der Waals surface area (Å²) >= 11 is 1.42. The summed E-state index contributed by atoms with van der Waals surface area (Å²) in [5, 5.41) is 2.86. The normalized spacial score (nSPS) is 16.6. The Bertz CT molecular complexity index is 1020. The zero-order valence-corrected chi connectivity index (χ0v) is 18.5. The molecule has 0 radical (unpaired) electrons. The number of nitrogens with zero attached hydrogens (tertiary/aromatic N) is 1. The summed E-state index contributed by atoms with van der Waals surface area (Å²) < 4.78 is 43.0. The molecule has 4 rings (SSSR count). The number of sulfonamides is 1. The third kappa shape index (κ3) is 5.51. The number of carbonyl (C=O) groups excluding carboxylic acids is 1. The van der Waals surface area contributed by atoms with E-state index in [1.54, 1.807) is 24.3 Å². The molecule has 2 aliphatic rings. The van der Waals surface area contributed by atoms with Gasteiger partial charge in [-0.05, 0) is 35.9 Å². The summed E-state index contributed by atoms with van der Waals surface area (Å²) in [6, 6.07) is 12.2. The molecule has 1 amide bonds. The van der Waals surface area contributed by atoms with Crippen molar-refractivity contribution in [2.45, 2.75) is 16.3 Å². The summed E-state index contributed by atoms with van der Waals surface area (Å²) in [4.78, 5) is 13.4. The van der Waals surface area contributed by atoms with Crippen molar-refractivity contribution in [2.24, 2.45) is 0 Å². The smallest absolute Gasteiger partial charge is 0.243 e. The Kier molecular flexibility index (Phi) is 7.01. The van der Waals surface area contributed by atoms with Crippen LogP contribution in [0.15, 0.2) is 52.3 Å². The van der Waals surface area contributed by atoms with E-state index in [-0.39, 0.29) is 16.6 Å².